The van der Waals surface area contributed by atoms with Crippen LogP contribution >= 0.6 is 0 Å². The van der Waals surface area contributed by atoms with E-state index < -0.39 is 37.6 Å². The molecule has 2 heterocycles. The number of nitrogens with zero attached hydrogens (tertiary/aromatic N) is 1. The molecule has 40 heavy (non-hydrogen) atoms. The quantitative estimate of drug-likeness (QED) is 0.230. The van der Waals surface area contributed by atoms with Gasteiger partial charge in [0.2, 0.25) is 5.78 Å². The molecule has 3 aliphatic carbocycles. The first kappa shape index (κ1) is 27.8. The monoisotopic (exact) mass is 561 g/mol. The second-order valence-electron chi connectivity index (χ2n) is 14.4. The van der Waals surface area contributed by atoms with Crippen molar-refractivity contribution in [3.05, 3.63) is 59.2 Å². The highest BCUT2D eigenvalue weighted by atomic mass is 28.4. The summed E-state index contributed by atoms with van der Waals surface area (Å²) in [6.07, 6.45) is 8.75. The summed E-state index contributed by atoms with van der Waals surface area (Å²) in [6.45, 7) is 17.7. The lowest BCUT2D eigenvalue weighted by Gasteiger charge is -2.55. The maximum Gasteiger partial charge on any atom is 0.339 e. The van der Waals surface area contributed by atoms with E-state index in [-0.39, 0.29) is 22.3 Å². The zero-order chi connectivity index (χ0) is 28.7. The van der Waals surface area contributed by atoms with Crippen molar-refractivity contribution in [3.8, 4) is 0 Å². The van der Waals surface area contributed by atoms with Gasteiger partial charge in [-0.1, -0.05) is 58.0 Å². The van der Waals surface area contributed by atoms with Crippen LogP contribution in [0.25, 0.3) is 0 Å². The van der Waals surface area contributed by atoms with Gasteiger partial charge in [0, 0.05) is 23.3 Å². The van der Waals surface area contributed by atoms with Crippen LogP contribution in [0.4, 0.5) is 0 Å². The number of benzene rings is 1. The van der Waals surface area contributed by atoms with E-state index in [1.54, 1.807) is 24.3 Å². The van der Waals surface area contributed by atoms with Crippen LogP contribution < -0.4 is 0 Å². The smallest absolute Gasteiger partial charge is 0.339 e. The Bertz CT molecular complexity index is 1310. The Morgan fingerprint density at radius 3 is 2.55 bits per heavy atom. The van der Waals surface area contributed by atoms with E-state index in [1.807, 2.05) is 6.07 Å². The van der Waals surface area contributed by atoms with Crippen molar-refractivity contribution in [2.75, 3.05) is 0 Å². The number of rotatable bonds is 5. The van der Waals surface area contributed by atoms with Gasteiger partial charge in [0.15, 0.2) is 14.4 Å². The highest BCUT2D eigenvalue weighted by molar-refractivity contribution is 6.74. The Kier molecular flexibility index (Phi) is 6.30. The molecule has 1 saturated heterocycles. The maximum absolute atomic E-state index is 13.6. The third kappa shape index (κ3) is 3.91. The summed E-state index contributed by atoms with van der Waals surface area (Å²) in [6, 6.07) is 8.16. The summed E-state index contributed by atoms with van der Waals surface area (Å²) in [5.41, 5.74) is 1.22. The number of carbonyl (C=O) groups excluding carboxylic acids is 2. The number of Topliss-reactive ketones (excluding diaryl/α,β-unsaturated/α-hetero) is 1. The summed E-state index contributed by atoms with van der Waals surface area (Å²) in [7, 11) is -1.94. The highest BCUT2D eigenvalue weighted by Gasteiger charge is 2.69. The van der Waals surface area contributed by atoms with Crippen LogP contribution in [-0.4, -0.2) is 56.2 Å². The first-order valence-electron chi connectivity index (χ1n) is 14.8. The average molecular weight is 562 g/mol. The Balaban J connectivity index is 1.37. The molecule has 2 saturated carbocycles. The van der Waals surface area contributed by atoms with E-state index in [9.17, 15) is 9.59 Å². The fraction of sp³-hybridized carbons (Fsp3) is 0.606. The third-order valence-electron chi connectivity index (χ3n) is 11.3. The SMILES string of the molecule is C=N[C@H]1C[C@@]23CC[C@@]4(O2)C(=CC[C@]2(C)[C@@H](O[Si](C)(C)C(C)(C)C)CC[C@H]24)C=C3[C@@H](OC(=O)c2ccccc2)C1=O. The van der Waals surface area contributed by atoms with Crippen molar-refractivity contribution < 1.29 is 23.5 Å². The molecule has 0 unspecified atom stereocenters. The van der Waals surface area contributed by atoms with Crippen LogP contribution in [0.5, 0.6) is 0 Å². The van der Waals surface area contributed by atoms with Gasteiger partial charge in [0.25, 0.3) is 0 Å². The van der Waals surface area contributed by atoms with Gasteiger partial charge < -0.3 is 13.9 Å². The standard InChI is InChI=1S/C33H43NO5Si/c1-30(2,3)40(6,7)38-26-14-13-25-31(26,4)16-15-22-19-23-28(37-29(36)21-11-9-8-10-12-21)27(35)24(34-5)20-32(23)17-18-33(22,25)39-32/h8-12,15,19,24-26,28H,5,13-14,16-18,20H2,1-4,6-7H3/t24-,25+,26-,28+,31-,32+,33+/m0/s1. The summed E-state index contributed by atoms with van der Waals surface area (Å²) in [4.78, 5) is 30.9. The van der Waals surface area contributed by atoms with Gasteiger partial charge in [-0.15, -0.1) is 0 Å². The van der Waals surface area contributed by atoms with Crippen LogP contribution in [0.2, 0.25) is 18.1 Å². The maximum atomic E-state index is 13.6. The minimum absolute atomic E-state index is 0.0182. The number of esters is 1. The van der Waals surface area contributed by atoms with Crippen LogP contribution in [0.3, 0.4) is 0 Å². The number of hydrogen-bond donors (Lipinski definition) is 0. The van der Waals surface area contributed by atoms with Crippen LogP contribution in [0, 0.1) is 11.3 Å². The topological polar surface area (TPSA) is 74.2 Å². The molecule has 1 aromatic rings. The second-order valence-corrected chi connectivity index (χ2v) is 19.2. The van der Waals surface area contributed by atoms with Crippen molar-refractivity contribution in [1.29, 1.82) is 0 Å². The largest absolute Gasteiger partial charge is 0.446 e. The number of aliphatic imine (C=N–C) groups is 1. The molecule has 6 nitrogen and oxygen atoms in total. The van der Waals surface area contributed by atoms with E-state index in [0.29, 0.717) is 17.9 Å². The van der Waals surface area contributed by atoms with Crippen LogP contribution in [-0.2, 0) is 18.7 Å². The average Bonchev–Trinajstić information content (AvgIpc) is 3.40. The predicted octanol–water partition coefficient (Wildman–Crippen LogP) is 6.62. The minimum Gasteiger partial charge on any atom is -0.446 e. The zero-order valence-electron chi connectivity index (χ0n) is 24.8. The number of allylic oxidation sites excluding steroid dienone is 1. The van der Waals surface area contributed by atoms with Gasteiger partial charge in [-0.2, -0.15) is 0 Å². The van der Waals surface area contributed by atoms with Gasteiger partial charge in [0.05, 0.1) is 22.9 Å². The third-order valence-corrected chi connectivity index (χ3v) is 15.8. The molecule has 214 valence electrons. The Labute approximate surface area is 239 Å². The molecular formula is C33H43NO5Si. The summed E-state index contributed by atoms with van der Waals surface area (Å²) >= 11 is 0. The molecule has 3 fully saturated rings. The molecule has 0 N–H and O–H groups in total. The Morgan fingerprint density at radius 2 is 1.88 bits per heavy atom. The van der Waals surface area contributed by atoms with Gasteiger partial charge in [-0.25, -0.2) is 4.79 Å². The van der Waals surface area contributed by atoms with Gasteiger partial charge >= 0.3 is 5.97 Å². The number of carbonyl (C=O) groups is 2. The van der Waals surface area contributed by atoms with Crippen LogP contribution in [0.15, 0.2) is 58.6 Å². The van der Waals surface area contributed by atoms with Crippen molar-refractivity contribution in [2.45, 2.75) is 114 Å². The Morgan fingerprint density at radius 1 is 1.15 bits per heavy atom. The summed E-state index contributed by atoms with van der Waals surface area (Å²) < 4.78 is 20.3. The molecule has 6 rings (SSSR count). The normalized spacial score (nSPS) is 38.5. The molecule has 2 spiro atoms. The molecule has 5 aliphatic rings. The fourth-order valence-corrected chi connectivity index (χ4v) is 9.44. The second kappa shape index (κ2) is 9.07. The number of ketones is 1. The predicted molar refractivity (Wildman–Crippen MR) is 158 cm³/mol. The van der Waals surface area contributed by atoms with E-state index in [2.05, 4.69) is 64.7 Å². The van der Waals surface area contributed by atoms with E-state index in [4.69, 9.17) is 13.9 Å². The fourth-order valence-electron chi connectivity index (χ4n) is 7.98. The van der Waals surface area contributed by atoms with E-state index >= 15 is 0 Å². The molecule has 0 aromatic heterocycles. The van der Waals surface area contributed by atoms with Gasteiger partial charge in [-0.3, -0.25) is 9.79 Å². The van der Waals surface area contributed by atoms with Crippen molar-refractivity contribution in [2.24, 2.45) is 16.3 Å². The number of hydrogen-bond acceptors (Lipinski definition) is 6. The lowest BCUT2D eigenvalue weighted by atomic mass is 9.60. The Hall–Kier alpha value is -2.35. The minimum atomic E-state index is -1.94. The number of ether oxygens (including phenoxy) is 2. The van der Waals surface area contributed by atoms with E-state index in [1.165, 1.54) is 0 Å². The molecule has 2 bridgehead atoms. The van der Waals surface area contributed by atoms with Crippen molar-refractivity contribution >= 4 is 26.8 Å². The highest BCUT2D eigenvalue weighted by Crippen LogP contribution is 2.67. The molecule has 7 heteroatoms. The summed E-state index contributed by atoms with van der Waals surface area (Å²) in [5.74, 6) is -0.407. The van der Waals surface area contributed by atoms with Crippen LogP contribution in [0.1, 0.15) is 76.6 Å². The molecular weight excluding hydrogens is 518 g/mol. The lowest BCUT2D eigenvalue weighted by Crippen LogP contribution is -2.59. The molecule has 2 aliphatic heterocycles. The van der Waals surface area contributed by atoms with Crippen molar-refractivity contribution in [3.63, 3.8) is 0 Å². The first-order valence-corrected chi connectivity index (χ1v) is 17.7. The van der Waals surface area contributed by atoms with E-state index in [0.717, 1.165) is 43.3 Å². The summed E-state index contributed by atoms with van der Waals surface area (Å²) in [5, 5.41) is 0.152. The first-order chi connectivity index (χ1) is 18.8. The molecule has 7 atom stereocenters. The zero-order valence-corrected chi connectivity index (χ0v) is 25.8. The number of fused-ring (bicyclic) bond motifs is 1. The van der Waals surface area contributed by atoms with Gasteiger partial charge in [0.1, 0.15) is 6.04 Å². The lowest BCUT2D eigenvalue weighted by molar-refractivity contribution is -0.158. The molecule has 1 aromatic carbocycles. The van der Waals surface area contributed by atoms with Gasteiger partial charge in [-0.05, 0) is 74.7 Å². The molecule has 0 radical (unpaired) electrons. The molecule has 0 amide bonds. The van der Waals surface area contributed by atoms with Crippen molar-refractivity contribution in [1.82, 2.24) is 0 Å².